The average Bonchev–Trinajstić information content (AvgIpc) is 3.55. The van der Waals surface area contributed by atoms with Crippen molar-refractivity contribution in [1.82, 2.24) is 9.88 Å². The number of aromatic nitrogens is 1. The van der Waals surface area contributed by atoms with Crippen LogP contribution in [0.1, 0.15) is 65.9 Å². The van der Waals surface area contributed by atoms with Crippen molar-refractivity contribution in [1.29, 1.82) is 0 Å². The Bertz CT molecular complexity index is 1290. The van der Waals surface area contributed by atoms with Crippen molar-refractivity contribution < 1.29 is 23.8 Å². The van der Waals surface area contributed by atoms with Crippen molar-refractivity contribution in [3.63, 3.8) is 0 Å². The van der Waals surface area contributed by atoms with E-state index in [1.54, 1.807) is 10.6 Å². The number of amides is 1. The molecule has 1 aliphatic heterocycles. The van der Waals surface area contributed by atoms with Crippen molar-refractivity contribution in [2.75, 3.05) is 6.61 Å². The summed E-state index contributed by atoms with van der Waals surface area (Å²) in [4.78, 5) is 39.5. The minimum Gasteiger partial charge on any atom is -0.503 e. The molecule has 9 heteroatoms. The lowest BCUT2D eigenvalue weighted by atomic mass is 9.62. The second-order valence-corrected chi connectivity index (χ2v) is 10.7. The summed E-state index contributed by atoms with van der Waals surface area (Å²) in [7, 11) is 0. The molecule has 0 bridgehead atoms. The number of aromatic hydroxyl groups is 1. The van der Waals surface area contributed by atoms with E-state index < -0.39 is 22.9 Å². The maximum absolute atomic E-state index is 14.2. The molecule has 2 saturated carbocycles. The summed E-state index contributed by atoms with van der Waals surface area (Å²) in [6.07, 6.45) is 4.98. The summed E-state index contributed by atoms with van der Waals surface area (Å²) in [6.45, 7) is 4.91. The van der Waals surface area contributed by atoms with E-state index in [0.29, 0.717) is 13.2 Å². The Morgan fingerprint density at radius 1 is 1.31 bits per heavy atom. The van der Waals surface area contributed by atoms with Gasteiger partial charge >= 0.3 is 0 Å². The Hall–Kier alpha value is -2.71. The van der Waals surface area contributed by atoms with Gasteiger partial charge in [0, 0.05) is 37.4 Å². The number of hydrogen-bond donors (Lipinski definition) is 2. The highest BCUT2D eigenvalue weighted by Crippen LogP contribution is 2.68. The largest absolute Gasteiger partial charge is 0.503 e. The zero-order chi connectivity index (χ0) is 25.8. The summed E-state index contributed by atoms with van der Waals surface area (Å²) in [6, 6.07) is 4.44. The quantitative estimate of drug-likeness (QED) is 0.571. The number of ketones is 1. The van der Waals surface area contributed by atoms with Gasteiger partial charge in [-0.15, -0.1) is 0 Å². The standard InChI is InChI=1S/C27H30ClFN2O5/c1-3-6-16-19-20(16)27(9-15(10-27)36-4-2)13-31-12-17(23(32)25(34)22(31)24(19)33)26(35)30-11-14-7-5-8-18(28)21(14)29/h5,7-8,12,15-16,19-20,34H,3-4,6,9-11,13H2,1-2H3,(H,30,35). The van der Waals surface area contributed by atoms with E-state index >= 15 is 0 Å². The summed E-state index contributed by atoms with van der Waals surface area (Å²) >= 11 is 5.81. The number of benzene rings is 1. The van der Waals surface area contributed by atoms with Crippen LogP contribution in [0.25, 0.3) is 0 Å². The summed E-state index contributed by atoms with van der Waals surface area (Å²) < 4.78 is 21.6. The number of rotatable bonds is 7. The molecule has 36 heavy (non-hydrogen) atoms. The van der Waals surface area contributed by atoms with E-state index in [0.717, 1.165) is 25.7 Å². The number of nitrogens with zero attached hydrogens (tertiary/aromatic N) is 1. The van der Waals surface area contributed by atoms with Crippen molar-refractivity contribution >= 4 is 23.3 Å². The minimum absolute atomic E-state index is 0.0113. The minimum atomic E-state index is -0.903. The lowest BCUT2D eigenvalue weighted by Crippen LogP contribution is -2.47. The summed E-state index contributed by atoms with van der Waals surface area (Å²) in [5.41, 5.74) is -1.21. The van der Waals surface area contributed by atoms with E-state index in [1.165, 1.54) is 18.3 Å². The molecule has 1 aromatic heterocycles. The fourth-order valence-corrected chi connectivity index (χ4v) is 6.81. The Kier molecular flexibility index (Phi) is 6.45. The van der Waals surface area contributed by atoms with Gasteiger partial charge in [-0.05, 0) is 49.5 Å². The van der Waals surface area contributed by atoms with Gasteiger partial charge in [0.2, 0.25) is 5.43 Å². The number of carbonyl (C=O) groups is 2. The molecule has 2 N–H and O–H groups in total. The molecule has 2 aromatic rings. The molecule has 0 radical (unpaired) electrons. The second-order valence-electron chi connectivity index (χ2n) is 10.3. The van der Waals surface area contributed by atoms with Gasteiger partial charge in [-0.25, -0.2) is 4.39 Å². The first-order chi connectivity index (χ1) is 17.2. The van der Waals surface area contributed by atoms with Crippen LogP contribution in [-0.4, -0.2) is 34.1 Å². The lowest BCUT2D eigenvalue weighted by molar-refractivity contribution is -0.0985. The van der Waals surface area contributed by atoms with Crippen molar-refractivity contribution in [2.24, 2.45) is 23.2 Å². The fraction of sp³-hybridized carbons (Fsp3) is 0.519. The summed E-state index contributed by atoms with van der Waals surface area (Å²) in [5.74, 6) is -2.13. The Morgan fingerprint density at radius 2 is 2.06 bits per heavy atom. The SMILES string of the molecule is CCCC1C2C(=O)c3c(O)c(=O)c(C(=O)NCc4cccc(Cl)c4F)cn3CC3(CC(OCC)C3)C12. The van der Waals surface area contributed by atoms with Gasteiger partial charge in [0.1, 0.15) is 17.1 Å². The van der Waals surface area contributed by atoms with Gasteiger partial charge in [0.15, 0.2) is 11.5 Å². The van der Waals surface area contributed by atoms with Crippen LogP contribution in [0.4, 0.5) is 4.39 Å². The third kappa shape index (κ3) is 3.95. The number of hydrogen-bond acceptors (Lipinski definition) is 5. The molecule has 192 valence electrons. The van der Waals surface area contributed by atoms with Crippen LogP contribution in [-0.2, 0) is 17.8 Å². The topological polar surface area (TPSA) is 97.6 Å². The van der Waals surface area contributed by atoms with Gasteiger partial charge in [0.25, 0.3) is 5.91 Å². The number of Topliss-reactive ketones (excluding diaryl/α,β-unsaturated/α-hetero) is 1. The highest BCUT2D eigenvalue weighted by Gasteiger charge is 2.68. The Labute approximate surface area is 213 Å². The first-order valence-electron chi connectivity index (χ1n) is 12.6. The van der Waals surface area contributed by atoms with Crippen LogP contribution < -0.4 is 10.7 Å². The molecule has 5 rings (SSSR count). The third-order valence-corrected chi connectivity index (χ3v) is 8.45. The first kappa shape index (κ1) is 25.0. The van der Waals surface area contributed by atoms with Crippen LogP contribution in [0.2, 0.25) is 5.02 Å². The second kappa shape index (κ2) is 9.30. The average molecular weight is 517 g/mol. The van der Waals surface area contributed by atoms with Gasteiger partial charge in [-0.2, -0.15) is 0 Å². The number of ether oxygens (including phenoxy) is 1. The molecule has 2 fully saturated rings. The van der Waals surface area contributed by atoms with E-state index in [-0.39, 0.29) is 63.4 Å². The number of carbonyl (C=O) groups excluding carboxylic acids is 2. The molecule has 0 saturated heterocycles. The highest BCUT2D eigenvalue weighted by molar-refractivity contribution is 6.30. The van der Waals surface area contributed by atoms with Gasteiger partial charge < -0.3 is 19.7 Å². The highest BCUT2D eigenvalue weighted by atomic mass is 35.5. The molecule has 1 amide bonds. The smallest absolute Gasteiger partial charge is 0.257 e. The predicted molar refractivity (Wildman–Crippen MR) is 132 cm³/mol. The van der Waals surface area contributed by atoms with Gasteiger partial charge in [0.05, 0.1) is 11.1 Å². The van der Waals surface area contributed by atoms with Crippen molar-refractivity contribution in [3.05, 3.63) is 62.3 Å². The molecule has 1 aromatic carbocycles. The molecular formula is C27H30ClFN2O5. The molecule has 1 spiro atoms. The Morgan fingerprint density at radius 3 is 2.75 bits per heavy atom. The summed E-state index contributed by atoms with van der Waals surface area (Å²) in [5, 5.41) is 13.3. The van der Waals surface area contributed by atoms with E-state index in [1.807, 2.05) is 6.92 Å². The Balaban J connectivity index is 1.47. The van der Waals surface area contributed by atoms with Crippen molar-refractivity contribution in [2.45, 2.75) is 58.7 Å². The molecule has 3 aliphatic rings. The van der Waals surface area contributed by atoms with E-state index in [4.69, 9.17) is 16.3 Å². The third-order valence-electron chi connectivity index (χ3n) is 8.16. The van der Waals surface area contributed by atoms with Gasteiger partial charge in [-0.1, -0.05) is 37.1 Å². The predicted octanol–water partition coefficient (Wildman–Crippen LogP) is 4.32. The maximum atomic E-state index is 14.2. The van der Waals surface area contributed by atoms with Crippen molar-refractivity contribution in [3.8, 4) is 5.75 Å². The van der Waals surface area contributed by atoms with Crippen LogP contribution >= 0.6 is 11.6 Å². The molecule has 3 atom stereocenters. The number of fused-ring (bicyclic) bond motifs is 3. The van der Waals surface area contributed by atoms with E-state index in [9.17, 15) is 23.9 Å². The molecule has 3 unspecified atom stereocenters. The van der Waals surface area contributed by atoms with Crippen LogP contribution in [0, 0.1) is 29.0 Å². The molecular weight excluding hydrogens is 487 g/mol. The first-order valence-corrected chi connectivity index (χ1v) is 12.9. The molecule has 7 nitrogen and oxygen atoms in total. The van der Waals surface area contributed by atoms with Crippen LogP contribution in [0.15, 0.2) is 29.2 Å². The molecule has 2 aliphatic carbocycles. The maximum Gasteiger partial charge on any atom is 0.257 e. The lowest BCUT2D eigenvalue weighted by Gasteiger charge is -2.48. The molecule has 2 heterocycles. The fourth-order valence-electron chi connectivity index (χ4n) is 6.61. The normalized spacial score (nSPS) is 28.2. The van der Waals surface area contributed by atoms with Crippen LogP contribution in [0.5, 0.6) is 5.75 Å². The number of pyridine rings is 1. The number of halogens is 2. The van der Waals surface area contributed by atoms with Crippen LogP contribution in [0.3, 0.4) is 0 Å². The monoisotopic (exact) mass is 516 g/mol. The zero-order valence-corrected chi connectivity index (χ0v) is 21.1. The number of nitrogens with one attached hydrogen (secondary N) is 1. The van der Waals surface area contributed by atoms with E-state index in [2.05, 4.69) is 12.2 Å². The van der Waals surface area contributed by atoms with Gasteiger partial charge in [-0.3, -0.25) is 14.4 Å². The zero-order valence-electron chi connectivity index (χ0n) is 20.4.